The van der Waals surface area contributed by atoms with E-state index in [2.05, 4.69) is 24.8 Å². The molecule has 0 N–H and O–H groups in total. The van der Waals surface area contributed by atoms with Crippen molar-refractivity contribution in [1.29, 1.82) is 5.26 Å². The molecule has 0 spiro atoms. The smallest absolute Gasteiger partial charge is 0.129 e. The molecule has 3 heteroatoms. The highest BCUT2D eigenvalue weighted by molar-refractivity contribution is 5.38. The highest BCUT2D eigenvalue weighted by atomic mass is 19.1. The summed E-state index contributed by atoms with van der Waals surface area (Å²) in [6, 6.07) is 6.72. The summed E-state index contributed by atoms with van der Waals surface area (Å²) < 4.78 is 13.6. The Bertz CT molecular complexity index is 446. The van der Waals surface area contributed by atoms with E-state index in [-0.39, 0.29) is 11.4 Å². The molecule has 0 bridgehead atoms. The van der Waals surface area contributed by atoms with Crippen LogP contribution in [-0.2, 0) is 6.54 Å². The van der Waals surface area contributed by atoms with Gasteiger partial charge in [-0.1, -0.05) is 6.07 Å². The summed E-state index contributed by atoms with van der Waals surface area (Å²) in [7, 11) is 0. The van der Waals surface area contributed by atoms with E-state index in [0.29, 0.717) is 17.7 Å². The Morgan fingerprint density at radius 3 is 2.75 bits per heavy atom. The molecule has 1 aromatic carbocycles. The van der Waals surface area contributed by atoms with Crippen LogP contribution in [0, 0.1) is 17.1 Å². The minimum Gasteiger partial charge on any atom is -0.294 e. The number of likely N-dealkylation sites (tertiary alicyclic amines) is 1. The van der Waals surface area contributed by atoms with E-state index in [1.807, 2.05) is 0 Å². The maximum atomic E-state index is 13.6. The lowest BCUT2D eigenvalue weighted by molar-refractivity contribution is 0.00701. The van der Waals surface area contributed by atoms with Crippen LogP contribution in [0.25, 0.3) is 0 Å². The van der Waals surface area contributed by atoms with Crippen molar-refractivity contribution in [1.82, 2.24) is 4.90 Å². The van der Waals surface area contributed by atoms with Crippen LogP contribution in [0.4, 0.5) is 4.39 Å². The molecule has 0 unspecified atom stereocenters. The SMILES string of the molecule is CC1(C)CCN1Cc1c(F)cccc1C#N. The molecule has 1 heterocycles. The maximum absolute atomic E-state index is 13.6. The van der Waals surface area contributed by atoms with Crippen molar-refractivity contribution in [3.05, 3.63) is 35.1 Å². The Hall–Kier alpha value is -1.40. The van der Waals surface area contributed by atoms with Gasteiger partial charge in [-0.05, 0) is 32.4 Å². The fraction of sp³-hybridized carbons (Fsp3) is 0.462. The second-order valence-corrected chi connectivity index (χ2v) is 4.86. The van der Waals surface area contributed by atoms with Crippen molar-refractivity contribution in [3.63, 3.8) is 0 Å². The largest absolute Gasteiger partial charge is 0.294 e. The van der Waals surface area contributed by atoms with Crippen molar-refractivity contribution in [2.24, 2.45) is 0 Å². The highest BCUT2D eigenvalue weighted by Crippen LogP contribution is 2.32. The van der Waals surface area contributed by atoms with Crippen LogP contribution in [0.2, 0.25) is 0 Å². The summed E-state index contributed by atoms with van der Waals surface area (Å²) in [5.74, 6) is -0.276. The summed E-state index contributed by atoms with van der Waals surface area (Å²) in [5.41, 5.74) is 1.11. The van der Waals surface area contributed by atoms with Crippen LogP contribution in [0.15, 0.2) is 18.2 Å². The number of nitriles is 1. The van der Waals surface area contributed by atoms with Gasteiger partial charge in [0, 0.05) is 24.2 Å². The number of nitrogens with zero attached hydrogens (tertiary/aromatic N) is 2. The van der Waals surface area contributed by atoms with Gasteiger partial charge in [-0.25, -0.2) is 4.39 Å². The van der Waals surface area contributed by atoms with Crippen molar-refractivity contribution in [2.45, 2.75) is 32.4 Å². The Kier molecular flexibility index (Phi) is 2.69. The molecule has 2 nitrogen and oxygen atoms in total. The number of hydrogen-bond acceptors (Lipinski definition) is 2. The number of halogens is 1. The zero-order chi connectivity index (χ0) is 11.8. The van der Waals surface area contributed by atoms with Crippen molar-refractivity contribution >= 4 is 0 Å². The molecule has 84 valence electrons. The van der Waals surface area contributed by atoms with Crippen LogP contribution in [0.5, 0.6) is 0 Å². The van der Waals surface area contributed by atoms with Crippen LogP contribution in [-0.4, -0.2) is 17.0 Å². The molecule has 0 amide bonds. The molecule has 0 atom stereocenters. The third-order valence-electron chi connectivity index (χ3n) is 3.44. The summed E-state index contributed by atoms with van der Waals surface area (Å²) in [6.45, 7) is 5.79. The first-order chi connectivity index (χ1) is 7.54. The van der Waals surface area contributed by atoms with Crippen LogP contribution >= 0.6 is 0 Å². The van der Waals surface area contributed by atoms with Gasteiger partial charge in [0.25, 0.3) is 0 Å². The molecule has 1 fully saturated rings. The van der Waals surface area contributed by atoms with Gasteiger partial charge in [0.1, 0.15) is 5.82 Å². The quantitative estimate of drug-likeness (QED) is 0.763. The standard InChI is InChI=1S/C13H15FN2/c1-13(2)6-7-16(13)9-11-10(8-15)4-3-5-12(11)14/h3-5H,6-7,9H2,1-2H3. The predicted molar refractivity (Wildman–Crippen MR) is 60.2 cm³/mol. The van der Waals surface area contributed by atoms with E-state index in [4.69, 9.17) is 5.26 Å². The summed E-state index contributed by atoms with van der Waals surface area (Å²) >= 11 is 0. The van der Waals surface area contributed by atoms with Gasteiger partial charge in [0.15, 0.2) is 0 Å². The molecule has 0 saturated carbocycles. The predicted octanol–water partition coefficient (Wildman–Crippen LogP) is 2.68. The average Bonchev–Trinajstić information content (AvgIpc) is 2.25. The second-order valence-electron chi connectivity index (χ2n) is 4.86. The molecule has 1 aromatic rings. The summed E-state index contributed by atoms with van der Waals surface area (Å²) in [4.78, 5) is 2.20. The minimum atomic E-state index is -0.276. The first kappa shape index (κ1) is 11.1. The molecule has 1 aliphatic heterocycles. The Labute approximate surface area is 95.3 Å². The first-order valence-electron chi connectivity index (χ1n) is 5.47. The zero-order valence-electron chi connectivity index (χ0n) is 9.63. The monoisotopic (exact) mass is 218 g/mol. The topological polar surface area (TPSA) is 27.0 Å². The van der Waals surface area contributed by atoms with Gasteiger partial charge in [-0.3, -0.25) is 4.90 Å². The van der Waals surface area contributed by atoms with Gasteiger partial charge in [0.05, 0.1) is 11.6 Å². The molecule has 0 radical (unpaired) electrons. The Morgan fingerprint density at radius 2 is 2.25 bits per heavy atom. The first-order valence-corrected chi connectivity index (χ1v) is 5.47. The fourth-order valence-corrected chi connectivity index (χ4v) is 2.03. The van der Waals surface area contributed by atoms with E-state index in [1.165, 1.54) is 6.07 Å². The van der Waals surface area contributed by atoms with Gasteiger partial charge in [-0.15, -0.1) is 0 Å². The van der Waals surface area contributed by atoms with Crippen molar-refractivity contribution in [2.75, 3.05) is 6.54 Å². The van der Waals surface area contributed by atoms with Gasteiger partial charge in [-0.2, -0.15) is 5.26 Å². The average molecular weight is 218 g/mol. The fourth-order valence-electron chi connectivity index (χ4n) is 2.03. The third-order valence-corrected chi connectivity index (χ3v) is 3.44. The number of benzene rings is 1. The maximum Gasteiger partial charge on any atom is 0.129 e. The van der Waals surface area contributed by atoms with Crippen molar-refractivity contribution in [3.8, 4) is 6.07 Å². The van der Waals surface area contributed by atoms with Crippen LogP contribution in [0.3, 0.4) is 0 Å². The number of rotatable bonds is 2. The molecule has 0 aromatic heterocycles. The highest BCUT2D eigenvalue weighted by Gasteiger charge is 2.36. The lowest BCUT2D eigenvalue weighted by atomic mass is 9.88. The molecular formula is C13H15FN2. The van der Waals surface area contributed by atoms with E-state index < -0.39 is 0 Å². The van der Waals surface area contributed by atoms with E-state index >= 15 is 0 Å². The zero-order valence-corrected chi connectivity index (χ0v) is 9.63. The molecule has 1 aliphatic rings. The Balaban J connectivity index is 2.25. The molecule has 16 heavy (non-hydrogen) atoms. The van der Waals surface area contributed by atoms with E-state index in [0.717, 1.165) is 13.0 Å². The molecular weight excluding hydrogens is 203 g/mol. The van der Waals surface area contributed by atoms with E-state index in [9.17, 15) is 4.39 Å². The number of hydrogen-bond donors (Lipinski definition) is 0. The minimum absolute atomic E-state index is 0.134. The van der Waals surface area contributed by atoms with Crippen LogP contribution < -0.4 is 0 Å². The van der Waals surface area contributed by atoms with Gasteiger partial charge >= 0.3 is 0 Å². The lowest BCUT2D eigenvalue weighted by Crippen LogP contribution is -2.55. The van der Waals surface area contributed by atoms with Crippen molar-refractivity contribution < 1.29 is 4.39 Å². The van der Waals surface area contributed by atoms with Gasteiger partial charge in [0.2, 0.25) is 0 Å². The van der Waals surface area contributed by atoms with E-state index in [1.54, 1.807) is 12.1 Å². The molecule has 2 rings (SSSR count). The normalized spacial score (nSPS) is 18.9. The summed E-state index contributed by atoms with van der Waals surface area (Å²) in [5, 5.41) is 8.94. The second kappa shape index (κ2) is 3.88. The third kappa shape index (κ3) is 1.81. The Morgan fingerprint density at radius 1 is 1.50 bits per heavy atom. The van der Waals surface area contributed by atoms with Gasteiger partial charge < -0.3 is 0 Å². The molecule has 1 saturated heterocycles. The molecule has 0 aliphatic carbocycles. The summed E-state index contributed by atoms with van der Waals surface area (Å²) in [6.07, 6.45) is 1.13. The van der Waals surface area contributed by atoms with Crippen LogP contribution in [0.1, 0.15) is 31.4 Å². The lowest BCUT2D eigenvalue weighted by Gasteiger charge is -2.48.